The summed E-state index contributed by atoms with van der Waals surface area (Å²) < 4.78 is 19.7. The molecule has 1 aliphatic heterocycles. The summed E-state index contributed by atoms with van der Waals surface area (Å²) >= 11 is 5.95. The van der Waals surface area contributed by atoms with Gasteiger partial charge in [0.2, 0.25) is 5.91 Å². The van der Waals surface area contributed by atoms with Crippen molar-refractivity contribution in [3.63, 3.8) is 0 Å². The summed E-state index contributed by atoms with van der Waals surface area (Å²) in [6, 6.07) is 8.52. The highest BCUT2D eigenvalue weighted by molar-refractivity contribution is 6.31. The maximum Gasteiger partial charge on any atom is 0.248 e. The van der Waals surface area contributed by atoms with Crippen LogP contribution in [-0.2, 0) is 4.79 Å². The van der Waals surface area contributed by atoms with Gasteiger partial charge in [0.25, 0.3) is 0 Å². The summed E-state index contributed by atoms with van der Waals surface area (Å²) in [6.45, 7) is 3.49. The van der Waals surface area contributed by atoms with Crippen LogP contribution in [0.1, 0.15) is 25.7 Å². The molecule has 0 unspecified atom stereocenters. The Morgan fingerprint density at radius 3 is 2.74 bits per heavy atom. The molecule has 8 nitrogen and oxygen atoms in total. The van der Waals surface area contributed by atoms with Crippen molar-refractivity contribution in [2.45, 2.75) is 31.7 Å². The monoisotopic (exact) mass is 552 g/mol. The van der Waals surface area contributed by atoms with Gasteiger partial charge in [-0.05, 0) is 83.1 Å². The van der Waals surface area contributed by atoms with Crippen molar-refractivity contribution in [2.24, 2.45) is 5.92 Å². The number of rotatable bonds is 10. The first-order valence-corrected chi connectivity index (χ1v) is 13.7. The Hall–Kier alpha value is -3.27. The molecule has 1 aliphatic carbocycles. The molecule has 3 aromatic rings. The lowest BCUT2D eigenvalue weighted by Gasteiger charge is -2.34. The molecule has 39 heavy (non-hydrogen) atoms. The van der Waals surface area contributed by atoms with Crippen LogP contribution in [0.2, 0.25) is 5.02 Å². The molecule has 0 radical (unpaired) electrons. The third-order valence-corrected chi connectivity index (χ3v) is 7.61. The lowest BCUT2D eigenvalue weighted by molar-refractivity contribution is -0.111. The summed E-state index contributed by atoms with van der Waals surface area (Å²) in [7, 11) is 4.26. The lowest BCUT2D eigenvalue weighted by atomic mass is 10.0. The largest absolute Gasteiger partial charge is 0.491 e. The number of carbonyl (C=O) groups is 1. The van der Waals surface area contributed by atoms with Gasteiger partial charge in [0, 0.05) is 35.8 Å². The number of ether oxygens (including phenoxy) is 1. The molecule has 2 aromatic carbocycles. The average molecular weight is 553 g/mol. The van der Waals surface area contributed by atoms with E-state index in [9.17, 15) is 9.18 Å². The fourth-order valence-corrected chi connectivity index (χ4v) is 4.87. The van der Waals surface area contributed by atoms with Crippen molar-refractivity contribution in [3.05, 3.63) is 59.7 Å². The molecule has 10 heteroatoms. The molecule has 2 aliphatic rings. The molecule has 0 atom stereocenters. The minimum Gasteiger partial charge on any atom is -0.491 e. The highest BCUT2D eigenvalue weighted by Gasteiger charge is 2.23. The van der Waals surface area contributed by atoms with E-state index in [-0.39, 0.29) is 10.9 Å². The van der Waals surface area contributed by atoms with Crippen LogP contribution < -0.4 is 15.4 Å². The number of fused-ring (bicyclic) bond motifs is 1. The third-order valence-electron chi connectivity index (χ3n) is 7.32. The Bertz CT molecular complexity index is 1360. The molecular weight excluding hydrogens is 519 g/mol. The van der Waals surface area contributed by atoms with E-state index < -0.39 is 5.82 Å². The molecule has 0 spiro atoms. The zero-order chi connectivity index (χ0) is 27.4. The van der Waals surface area contributed by atoms with Crippen molar-refractivity contribution >= 4 is 45.6 Å². The molecule has 1 aromatic heterocycles. The number of likely N-dealkylation sites (N-methyl/N-ethyl adjacent to an activating group) is 1. The van der Waals surface area contributed by atoms with Crippen LogP contribution in [0, 0.1) is 11.7 Å². The van der Waals surface area contributed by atoms with Gasteiger partial charge in [-0.3, -0.25) is 9.69 Å². The van der Waals surface area contributed by atoms with E-state index in [1.54, 1.807) is 18.2 Å². The molecule has 1 saturated heterocycles. The topological polar surface area (TPSA) is 82.6 Å². The quantitative estimate of drug-likeness (QED) is 0.322. The SMILES string of the molecule is CN1CCC(N(C)C/C=C/C(=O)Nc2cc3c(Nc4ccc(F)c(Cl)c4)ncnc3cc2OCC2CC2)CC1. The molecule has 1 amide bonds. The lowest BCUT2D eigenvalue weighted by Crippen LogP contribution is -2.41. The fraction of sp³-hybridized carbons (Fsp3) is 0.414. The van der Waals surface area contributed by atoms with Gasteiger partial charge >= 0.3 is 0 Å². The second-order valence-corrected chi connectivity index (χ2v) is 10.9. The number of amides is 1. The number of benzene rings is 2. The van der Waals surface area contributed by atoms with E-state index in [1.807, 2.05) is 12.1 Å². The smallest absolute Gasteiger partial charge is 0.248 e. The van der Waals surface area contributed by atoms with E-state index >= 15 is 0 Å². The van der Waals surface area contributed by atoms with Gasteiger partial charge in [-0.1, -0.05) is 17.7 Å². The number of anilines is 3. The number of aromatic nitrogens is 2. The number of likely N-dealkylation sites (tertiary alicyclic amines) is 1. The summed E-state index contributed by atoms with van der Waals surface area (Å²) in [6.07, 6.45) is 9.49. The van der Waals surface area contributed by atoms with Crippen LogP contribution in [0.5, 0.6) is 5.75 Å². The molecule has 2 N–H and O–H groups in total. The van der Waals surface area contributed by atoms with Crippen molar-refractivity contribution in [1.82, 2.24) is 19.8 Å². The molecule has 2 fully saturated rings. The van der Waals surface area contributed by atoms with E-state index in [2.05, 4.69) is 44.5 Å². The fourth-order valence-electron chi connectivity index (χ4n) is 4.69. The maximum atomic E-state index is 13.6. The van der Waals surface area contributed by atoms with Gasteiger partial charge < -0.3 is 20.3 Å². The zero-order valence-corrected chi connectivity index (χ0v) is 23.0. The molecule has 1 saturated carbocycles. The summed E-state index contributed by atoms with van der Waals surface area (Å²) in [5.41, 5.74) is 1.77. The predicted molar refractivity (Wildman–Crippen MR) is 153 cm³/mol. The van der Waals surface area contributed by atoms with E-state index in [0.29, 0.717) is 59.0 Å². The van der Waals surface area contributed by atoms with Gasteiger partial charge in [0.1, 0.15) is 23.7 Å². The molecule has 0 bridgehead atoms. The molecule has 5 rings (SSSR count). The van der Waals surface area contributed by atoms with Crippen LogP contribution in [0.4, 0.5) is 21.6 Å². The van der Waals surface area contributed by atoms with Crippen LogP contribution in [0.15, 0.2) is 48.8 Å². The number of halogens is 2. The highest BCUT2D eigenvalue weighted by atomic mass is 35.5. The Balaban J connectivity index is 1.33. The highest BCUT2D eigenvalue weighted by Crippen LogP contribution is 2.36. The maximum absolute atomic E-state index is 13.6. The first kappa shape index (κ1) is 27.3. The van der Waals surface area contributed by atoms with Crippen molar-refractivity contribution in [3.8, 4) is 5.75 Å². The first-order chi connectivity index (χ1) is 18.9. The van der Waals surface area contributed by atoms with Gasteiger partial charge in [0.05, 0.1) is 22.8 Å². The number of nitrogens with zero attached hydrogens (tertiary/aromatic N) is 4. The normalized spacial score (nSPS) is 16.7. The summed E-state index contributed by atoms with van der Waals surface area (Å²) in [4.78, 5) is 26.3. The Morgan fingerprint density at radius 2 is 2.00 bits per heavy atom. The van der Waals surface area contributed by atoms with E-state index in [1.165, 1.54) is 18.5 Å². The van der Waals surface area contributed by atoms with Crippen molar-refractivity contribution < 1.29 is 13.9 Å². The minimum atomic E-state index is -0.497. The van der Waals surface area contributed by atoms with Gasteiger partial charge in [-0.15, -0.1) is 0 Å². The summed E-state index contributed by atoms with van der Waals surface area (Å²) in [5, 5.41) is 6.85. The minimum absolute atomic E-state index is 0.00957. The number of nitrogens with one attached hydrogen (secondary N) is 2. The van der Waals surface area contributed by atoms with Crippen LogP contribution in [0.3, 0.4) is 0 Å². The summed E-state index contributed by atoms with van der Waals surface area (Å²) in [5.74, 6) is 0.878. The number of piperidine rings is 1. The second-order valence-electron chi connectivity index (χ2n) is 10.5. The standard InChI is InChI=1S/C29H34ClFN6O2/c1-36-12-9-21(10-13-36)37(2)11-3-4-28(38)35-26-15-22-25(16-27(26)39-17-19-5-6-19)32-18-33-29(22)34-20-7-8-24(31)23(30)14-20/h3-4,7-8,14-16,18-19,21H,5-6,9-13,17H2,1-2H3,(H,35,38)(H,32,33,34)/b4-3+. The Morgan fingerprint density at radius 1 is 1.21 bits per heavy atom. The molecular formula is C29H34ClFN6O2. The zero-order valence-electron chi connectivity index (χ0n) is 22.3. The van der Waals surface area contributed by atoms with Crippen LogP contribution >= 0.6 is 11.6 Å². The third kappa shape index (κ3) is 7.23. The van der Waals surface area contributed by atoms with Crippen LogP contribution in [-0.4, -0.2) is 72.1 Å². The number of hydrogen-bond donors (Lipinski definition) is 2. The first-order valence-electron chi connectivity index (χ1n) is 13.4. The van der Waals surface area contributed by atoms with Gasteiger partial charge in [-0.2, -0.15) is 0 Å². The van der Waals surface area contributed by atoms with Gasteiger partial charge in [-0.25, -0.2) is 14.4 Å². The van der Waals surface area contributed by atoms with E-state index in [4.69, 9.17) is 16.3 Å². The van der Waals surface area contributed by atoms with E-state index in [0.717, 1.165) is 38.8 Å². The average Bonchev–Trinajstić information content (AvgIpc) is 3.75. The molecule has 2 heterocycles. The number of carbonyl (C=O) groups excluding carboxylic acids is 1. The van der Waals surface area contributed by atoms with Gasteiger partial charge in [0.15, 0.2) is 0 Å². The van der Waals surface area contributed by atoms with Crippen LogP contribution in [0.25, 0.3) is 10.9 Å². The van der Waals surface area contributed by atoms with Crippen molar-refractivity contribution in [1.29, 1.82) is 0 Å². The molecule has 206 valence electrons. The Labute approximate surface area is 233 Å². The predicted octanol–water partition coefficient (Wildman–Crippen LogP) is 5.48. The van der Waals surface area contributed by atoms with Crippen molar-refractivity contribution in [2.75, 3.05) is 51.0 Å². The Kier molecular flexibility index (Phi) is 8.60. The second kappa shape index (κ2) is 12.3. The number of hydrogen-bond acceptors (Lipinski definition) is 7.